The Morgan fingerprint density at radius 2 is 2.11 bits per heavy atom. The number of thioether (sulfide) groups is 1. The molecule has 2 aromatic carbocycles. The lowest BCUT2D eigenvalue weighted by molar-refractivity contribution is -0.113. The highest BCUT2D eigenvalue weighted by molar-refractivity contribution is 7.99. The molecule has 0 radical (unpaired) electrons. The minimum absolute atomic E-state index is 0.131. The molecule has 0 saturated carbocycles. The largest absolute Gasteiger partial charge is 0.507 e. The zero-order valence-corrected chi connectivity index (χ0v) is 16.2. The van der Waals surface area contributed by atoms with Crippen molar-refractivity contribution < 1.29 is 9.90 Å². The standard InChI is InChI=1S/C19H20N6O2S/c1-12-7-8-15(13(2)9-12)21-17(27)11-28-19-22-18(24-25-19)23-20-10-14-5-3-4-6-16(14)26/h3-10,26H,11H2,1-2H3,(H,21,27)(H2,22,23,24,25)/b20-10+. The Morgan fingerprint density at radius 1 is 1.29 bits per heavy atom. The summed E-state index contributed by atoms with van der Waals surface area (Å²) in [5.74, 6) is 0.528. The van der Waals surface area contributed by atoms with Crippen LogP contribution in [0.15, 0.2) is 52.7 Å². The summed E-state index contributed by atoms with van der Waals surface area (Å²) >= 11 is 1.21. The maximum absolute atomic E-state index is 12.1. The van der Waals surface area contributed by atoms with E-state index in [-0.39, 0.29) is 17.4 Å². The minimum atomic E-state index is -0.131. The van der Waals surface area contributed by atoms with E-state index in [9.17, 15) is 9.90 Å². The molecule has 3 rings (SSSR count). The summed E-state index contributed by atoms with van der Waals surface area (Å²) in [5, 5.41) is 23.7. The quantitative estimate of drug-likeness (QED) is 0.277. The number of aromatic hydroxyl groups is 1. The summed E-state index contributed by atoms with van der Waals surface area (Å²) in [5.41, 5.74) is 6.24. The Bertz CT molecular complexity index is 1000. The van der Waals surface area contributed by atoms with Crippen LogP contribution in [0.4, 0.5) is 11.6 Å². The van der Waals surface area contributed by atoms with E-state index < -0.39 is 0 Å². The first-order chi connectivity index (χ1) is 13.5. The van der Waals surface area contributed by atoms with E-state index in [1.807, 2.05) is 32.0 Å². The van der Waals surface area contributed by atoms with Crippen LogP contribution in [0.2, 0.25) is 0 Å². The van der Waals surface area contributed by atoms with Crippen LogP contribution in [0.1, 0.15) is 16.7 Å². The van der Waals surface area contributed by atoms with Gasteiger partial charge >= 0.3 is 0 Å². The lowest BCUT2D eigenvalue weighted by atomic mass is 10.1. The molecular formula is C19H20N6O2S. The Labute approximate surface area is 166 Å². The first-order valence-corrected chi connectivity index (χ1v) is 9.49. The van der Waals surface area contributed by atoms with Gasteiger partial charge in [-0.2, -0.15) is 10.1 Å². The maximum atomic E-state index is 12.1. The first kappa shape index (κ1) is 19.4. The number of para-hydroxylation sites is 1. The summed E-state index contributed by atoms with van der Waals surface area (Å²) in [7, 11) is 0. The summed E-state index contributed by atoms with van der Waals surface area (Å²) in [6, 6.07) is 12.7. The molecule has 8 nitrogen and oxygen atoms in total. The van der Waals surface area contributed by atoms with E-state index in [4.69, 9.17) is 0 Å². The Balaban J connectivity index is 1.49. The van der Waals surface area contributed by atoms with Gasteiger partial charge < -0.3 is 10.4 Å². The van der Waals surface area contributed by atoms with Crippen LogP contribution < -0.4 is 10.7 Å². The first-order valence-electron chi connectivity index (χ1n) is 8.50. The molecular weight excluding hydrogens is 376 g/mol. The second kappa shape index (κ2) is 9.05. The van der Waals surface area contributed by atoms with Crippen molar-refractivity contribution >= 4 is 35.5 Å². The van der Waals surface area contributed by atoms with E-state index in [2.05, 4.69) is 31.0 Å². The number of phenols is 1. The number of carbonyl (C=O) groups excluding carboxylic acids is 1. The van der Waals surface area contributed by atoms with Crippen LogP contribution in [0.25, 0.3) is 0 Å². The average Bonchev–Trinajstić information content (AvgIpc) is 3.12. The van der Waals surface area contributed by atoms with Gasteiger partial charge in [0.25, 0.3) is 0 Å². The highest BCUT2D eigenvalue weighted by Crippen LogP contribution is 2.18. The molecule has 0 atom stereocenters. The van der Waals surface area contributed by atoms with Crippen molar-refractivity contribution in [3.05, 3.63) is 59.2 Å². The van der Waals surface area contributed by atoms with Gasteiger partial charge in [-0.3, -0.25) is 4.79 Å². The van der Waals surface area contributed by atoms with Gasteiger partial charge in [-0.1, -0.05) is 41.6 Å². The lowest BCUT2D eigenvalue weighted by Crippen LogP contribution is -2.15. The molecule has 0 saturated heterocycles. The second-order valence-corrected chi connectivity index (χ2v) is 6.99. The van der Waals surface area contributed by atoms with Gasteiger partial charge in [-0.25, -0.2) is 10.5 Å². The third kappa shape index (κ3) is 5.34. The Hall–Kier alpha value is -3.33. The van der Waals surface area contributed by atoms with Gasteiger partial charge in [0.15, 0.2) is 0 Å². The van der Waals surface area contributed by atoms with Crippen LogP contribution in [0, 0.1) is 13.8 Å². The van der Waals surface area contributed by atoms with Gasteiger partial charge in [0, 0.05) is 11.3 Å². The number of carbonyl (C=O) groups is 1. The highest BCUT2D eigenvalue weighted by Gasteiger charge is 2.09. The third-order valence-corrected chi connectivity index (χ3v) is 4.61. The molecule has 1 amide bonds. The van der Waals surface area contributed by atoms with Crippen LogP contribution in [-0.2, 0) is 4.79 Å². The average molecular weight is 396 g/mol. The number of nitrogens with zero attached hydrogens (tertiary/aromatic N) is 3. The number of aryl methyl sites for hydroxylation is 2. The van der Waals surface area contributed by atoms with Crippen LogP contribution >= 0.6 is 11.8 Å². The predicted molar refractivity (Wildman–Crippen MR) is 111 cm³/mol. The Morgan fingerprint density at radius 3 is 2.89 bits per heavy atom. The number of hydrogen-bond acceptors (Lipinski definition) is 7. The molecule has 0 unspecified atom stereocenters. The summed E-state index contributed by atoms with van der Waals surface area (Å²) < 4.78 is 0. The summed E-state index contributed by atoms with van der Waals surface area (Å²) in [4.78, 5) is 16.3. The molecule has 0 aliphatic rings. The van der Waals surface area contributed by atoms with Crippen molar-refractivity contribution in [2.75, 3.05) is 16.5 Å². The monoisotopic (exact) mass is 396 g/mol. The number of rotatable bonds is 7. The van der Waals surface area contributed by atoms with Crippen molar-refractivity contribution in [1.82, 2.24) is 15.2 Å². The SMILES string of the molecule is Cc1ccc(NC(=O)CSc2n[nH]c(N/N=C/c3ccccc3O)n2)c(C)c1. The number of H-pyrrole nitrogens is 1. The predicted octanol–water partition coefficient (Wildman–Crippen LogP) is 3.30. The number of hydrogen-bond donors (Lipinski definition) is 4. The molecule has 144 valence electrons. The molecule has 1 heterocycles. The van der Waals surface area contributed by atoms with Gasteiger partial charge in [0.05, 0.1) is 12.0 Å². The van der Waals surface area contributed by atoms with Crippen molar-refractivity contribution in [3.8, 4) is 5.75 Å². The molecule has 0 spiro atoms. The number of benzene rings is 2. The van der Waals surface area contributed by atoms with Crippen molar-refractivity contribution in [3.63, 3.8) is 0 Å². The molecule has 3 aromatic rings. The zero-order valence-electron chi connectivity index (χ0n) is 15.4. The number of hydrazone groups is 1. The minimum Gasteiger partial charge on any atom is -0.507 e. The molecule has 1 aromatic heterocycles. The van der Waals surface area contributed by atoms with E-state index in [0.717, 1.165) is 16.8 Å². The van der Waals surface area contributed by atoms with E-state index >= 15 is 0 Å². The fourth-order valence-electron chi connectivity index (χ4n) is 2.39. The molecule has 4 N–H and O–H groups in total. The topological polar surface area (TPSA) is 115 Å². The zero-order chi connectivity index (χ0) is 19.9. The van der Waals surface area contributed by atoms with Crippen LogP contribution in [0.3, 0.4) is 0 Å². The van der Waals surface area contributed by atoms with Gasteiger partial charge in [-0.05, 0) is 37.6 Å². The van der Waals surface area contributed by atoms with Gasteiger partial charge in [-0.15, -0.1) is 5.10 Å². The number of anilines is 2. The van der Waals surface area contributed by atoms with Crippen LogP contribution in [-0.4, -0.2) is 38.2 Å². The van der Waals surface area contributed by atoms with Crippen molar-refractivity contribution in [2.45, 2.75) is 19.0 Å². The summed E-state index contributed by atoms with van der Waals surface area (Å²) in [6.45, 7) is 3.97. The van der Waals surface area contributed by atoms with Crippen molar-refractivity contribution in [1.29, 1.82) is 0 Å². The number of phenolic OH excluding ortho intramolecular Hbond substituents is 1. The van der Waals surface area contributed by atoms with Crippen LogP contribution in [0.5, 0.6) is 5.75 Å². The highest BCUT2D eigenvalue weighted by atomic mass is 32.2. The normalized spacial score (nSPS) is 10.9. The molecule has 0 fully saturated rings. The fourth-order valence-corrected chi connectivity index (χ4v) is 2.99. The van der Waals surface area contributed by atoms with E-state index in [0.29, 0.717) is 16.7 Å². The van der Waals surface area contributed by atoms with E-state index in [1.54, 1.807) is 24.3 Å². The third-order valence-electron chi connectivity index (χ3n) is 3.76. The molecule has 0 aliphatic carbocycles. The summed E-state index contributed by atoms with van der Waals surface area (Å²) in [6.07, 6.45) is 1.47. The maximum Gasteiger partial charge on any atom is 0.240 e. The van der Waals surface area contributed by atoms with Gasteiger partial charge in [0.2, 0.25) is 17.0 Å². The fraction of sp³-hybridized carbons (Fsp3) is 0.158. The lowest BCUT2D eigenvalue weighted by Gasteiger charge is -2.08. The molecule has 28 heavy (non-hydrogen) atoms. The number of amides is 1. The van der Waals surface area contributed by atoms with E-state index in [1.165, 1.54) is 18.0 Å². The van der Waals surface area contributed by atoms with Crippen molar-refractivity contribution in [2.24, 2.45) is 5.10 Å². The second-order valence-electron chi connectivity index (χ2n) is 6.05. The van der Waals surface area contributed by atoms with Gasteiger partial charge in [0.1, 0.15) is 5.75 Å². The molecule has 0 aliphatic heterocycles. The number of aromatic nitrogens is 3. The molecule has 0 bridgehead atoms. The Kier molecular flexibility index (Phi) is 6.28. The molecule has 9 heteroatoms. The number of nitrogens with one attached hydrogen (secondary N) is 3. The number of aromatic amines is 1. The smallest absolute Gasteiger partial charge is 0.240 e.